The lowest BCUT2D eigenvalue weighted by atomic mass is 9.97. The summed E-state index contributed by atoms with van der Waals surface area (Å²) in [5.41, 5.74) is 6.04. The molecule has 1 aromatic carbocycles. The summed E-state index contributed by atoms with van der Waals surface area (Å²) in [5, 5.41) is 10.1. The monoisotopic (exact) mass is 225 g/mol. The average molecular weight is 225 g/mol. The molecular weight excluding hydrogens is 209 g/mol. The van der Waals surface area contributed by atoms with Gasteiger partial charge in [-0.05, 0) is 25.3 Å². The molecule has 0 amide bonds. The normalized spacial score (nSPS) is 23.0. The summed E-state index contributed by atoms with van der Waals surface area (Å²) in [7, 11) is 0. The van der Waals surface area contributed by atoms with Crippen molar-refractivity contribution in [2.24, 2.45) is 0 Å². The van der Waals surface area contributed by atoms with Crippen molar-refractivity contribution in [1.29, 1.82) is 0 Å². The lowest BCUT2D eigenvalue weighted by molar-refractivity contribution is -0.0631. The molecular formula is C12H16FNO2. The van der Waals surface area contributed by atoms with E-state index in [1.54, 1.807) is 12.1 Å². The van der Waals surface area contributed by atoms with Crippen molar-refractivity contribution < 1.29 is 14.2 Å². The number of hydrogen-bond acceptors (Lipinski definition) is 3. The highest BCUT2D eigenvalue weighted by atomic mass is 19.1. The van der Waals surface area contributed by atoms with Gasteiger partial charge in [0.2, 0.25) is 0 Å². The van der Waals surface area contributed by atoms with Crippen molar-refractivity contribution in [3.05, 3.63) is 29.6 Å². The number of para-hydroxylation sites is 1. The molecule has 0 bridgehead atoms. The van der Waals surface area contributed by atoms with Crippen LogP contribution in [0.3, 0.4) is 0 Å². The van der Waals surface area contributed by atoms with Crippen LogP contribution in [-0.4, -0.2) is 17.8 Å². The molecule has 0 saturated carbocycles. The van der Waals surface area contributed by atoms with Crippen LogP contribution in [0.2, 0.25) is 0 Å². The Balaban J connectivity index is 2.19. The predicted octanol–water partition coefficient (Wildman–Crippen LogP) is 2.01. The molecule has 0 aliphatic carbocycles. The minimum absolute atomic E-state index is 0.0178. The molecule has 4 heteroatoms. The molecule has 2 rings (SSSR count). The Hall–Kier alpha value is -1.13. The van der Waals surface area contributed by atoms with Gasteiger partial charge in [0.1, 0.15) is 11.9 Å². The molecule has 3 N–H and O–H groups in total. The highest BCUT2D eigenvalue weighted by molar-refractivity contribution is 5.49. The van der Waals surface area contributed by atoms with Gasteiger partial charge in [-0.1, -0.05) is 12.1 Å². The van der Waals surface area contributed by atoms with Gasteiger partial charge >= 0.3 is 0 Å². The molecule has 1 heterocycles. The topological polar surface area (TPSA) is 55.5 Å². The smallest absolute Gasteiger partial charge is 0.146 e. The largest absolute Gasteiger partial charge is 0.396 e. The maximum atomic E-state index is 13.2. The van der Waals surface area contributed by atoms with Gasteiger partial charge in [0.05, 0.1) is 11.8 Å². The van der Waals surface area contributed by atoms with Crippen LogP contribution < -0.4 is 5.73 Å². The minimum Gasteiger partial charge on any atom is -0.396 e. The number of nitrogen functional groups attached to an aromatic ring is 1. The fraction of sp³-hybridized carbons (Fsp3) is 0.500. The fourth-order valence-corrected chi connectivity index (χ4v) is 2.03. The molecule has 3 nitrogen and oxygen atoms in total. The molecule has 2 unspecified atom stereocenters. The number of rotatable bonds is 2. The average Bonchev–Trinajstić information content (AvgIpc) is 2.33. The maximum absolute atomic E-state index is 13.2. The fourth-order valence-electron chi connectivity index (χ4n) is 2.03. The minimum atomic E-state index is -0.837. The third-order valence-corrected chi connectivity index (χ3v) is 2.97. The van der Waals surface area contributed by atoms with Crippen LogP contribution in [0.1, 0.15) is 30.9 Å². The van der Waals surface area contributed by atoms with Crippen LogP contribution in [0.5, 0.6) is 0 Å². The van der Waals surface area contributed by atoms with Crippen molar-refractivity contribution in [2.45, 2.75) is 31.5 Å². The summed E-state index contributed by atoms with van der Waals surface area (Å²) < 4.78 is 18.7. The summed E-state index contributed by atoms with van der Waals surface area (Å²) in [6.45, 7) is 0.650. The van der Waals surface area contributed by atoms with Gasteiger partial charge in [0.25, 0.3) is 0 Å². The second-order valence-electron chi connectivity index (χ2n) is 4.09. The van der Waals surface area contributed by atoms with E-state index in [0.29, 0.717) is 12.2 Å². The number of aliphatic hydroxyl groups excluding tert-OH is 1. The van der Waals surface area contributed by atoms with Crippen LogP contribution in [0.15, 0.2) is 18.2 Å². The summed E-state index contributed by atoms with van der Waals surface area (Å²) >= 11 is 0. The Morgan fingerprint density at radius 1 is 1.44 bits per heavy atom. The zero-order chi connectivity index (χ0) is 11.5. The van der Waals surface area contributed by atoms with E-state index < -0.39 is 11.9 Å². The Labute approximate surface area is 94.0 Å². The van der Waals surface area contributed by atoms with E-state index >= 15 is 0 Å². The number of anilines is 1. The maximum Gasteiger partial charge on any atom is 0.146 e. The SMILES string of the molecule is Nc1c(F)cccc1C(O)C1CCCCO1. The molecule has 88 valence electrons. The summed E-state index contributed by atoms with van der Waals surface area (Å²) in [5.74, 6) is -0.493. The predicted molar refractivity (Wildman–Crippen MR) is 59.4 cm³/mol. The highest BCUT2D eigenvalue weighted by Gasteiger charge is 2.26. The number of hydrogen-bond donors (Lipinski definition) is 2. The zero-order valence-electron chi connectivity index (χ0n) is 9.03. The third kappa shape index (κ3) is 2.18. The Kier molecular flexibility index (Phi) is 3.41. The first-order chi connectivity index (χ1) is 7.70. The zero-order valence-corrected chi connectivity index (χ0v) is 9.03. The van der Waals surface area contributed by atoms with E-state index in [1.807, 2.05) is 0 Å². The molecule has 1 fully saturated rings. The quantitative estimate of drug-likeness (QED) is 0.757. The molecule has 0 radical (unpaired) electrons. The molecule has 1 aliphatic heterocycles. The number of benzene rings is 1. The second kappa shape index (κ2) is 4.80. The number of ether oxygens (including phenoxy) is 1. The van der Waals surface area contributed by atoms with E-state index in [4.69, 9.17) is 10.5 Å². The Morgan fingerprint density at radius 2 is 2.25 bits per heavy atom. The second-order valence-corrected chi connectivity index (χ2v) is 4.09. The van der Waals surface area contributed by atoms with Crippen LogP contribution in [0.25, 0.3) is 0 Å². The first-order valence-electron chi connectivity index (χ1n) is 5.53. The number of aliphatic hydroxyl groups is 1. The molecule has 2 atom stereocenters. The van der Waals surface area contributed by atoms with Gasteiger partial charge in [0, 0.05) is 12.2 Å². The lowest BCUT2D eigenvalue weighted by Gasteiger charge is -2.28. The van der Waals surface area contributed by atoms with Gasteiger partial charge in [0.15, 0.2) is 0 Å². The molecule has 0 spiro atoms. The van der Waals surface area contributed by atoms with Crippen molar-refractivity contribution in [2.75, 3.05) is 12.3 Å². The van der Waals surface area contributed by atoms with Crippen LogP contribution in [0, 0.1) is 5.82 Å². The molecule has 16 heavy (non-hydrogen) atoms. The lowest BCUT2D eigenvalue weighted by Crippen LogP contribution is -2.27. The van der Waals surface area contributed by atoms with Gasteiger partial charge in [-0.3, -0.25) is 0 Å². The summed E-state index contributed by atoms with van der Waals surface area (Å²) in [6, 6.07) is 4.47. The van der Waals surface area contributed by atoms with Crippen LogP contribution in [0.4, 0.5) is 10.1 Å². The molecule has 1 saturated heterocycles. The number of nitrogens with two attached hydrogens (primary N) is 1. The van der Waals surface area contributed by atoms with E-state index in [2.05, 4.69) is 0 Å². The molecule has 1 aliphatic rings. The van der Waals surface area contributed by atoms with Crippen LogP contribution in [-0.2, 0) is 4.74 Å². The van der Waals surface area contributed by atoms with Crippen molar-refractivity contribution in [3.8, 4) is 0 Å². The first-order valence-corrected chi connectivity index (χ1v) is 5.53. The third-order valence-electron chi connectivity index (χ3n) is 2.97. The van der Waals surface area contributed by atoms with Gasteiger partial charge in [-0.25, -0.2) is 4.39 Å². The Morgan fingerprint density at radius 3 is 2.94 bits per heavy atom. The summed E-state index contributed by atoms with van der Waals surface area (Å²) in [6.07, 6.45) is 1.73. The highest BCUT2D eigenvalue weighted by Crippen LogP contribution is 2.30. The summed E-state index contributed by atoms with van der Waals surface area (Å²) in [4.78, 5) is 0. The van der Waals surface area contributed by atoms with Crippen molar-refractivity contribution in [3.63, 3.8) is 0 Å². The van der Waals surface area contributed by atoms with Crippen LogP contribution >= 0.6 is 0 Å². The van der Waals surface area contributed by atoms with E-state index in [0.717, 1.165) is 19.3 Å². The van der Waals surface area contributed by atoms with Crippen molar-refractivity contribution in [1.82, 2.24) is 0 Å². The van der Waals surface area contributed by atoms with Crippen molar-refractivity contribution >= 4 is 5.69 Å². The molecule has 0 aromatic heterocycles. The first kappa shape index (κ1) is 11.4. The van der Waals surface area contributed by atoms with Gasteiger partial charge in [-0.15, -0.1) is 0 Å². The standard InChI is InChI=1S/C12H16FNO2/c13-9-5-3-4-8(11(9)14)12(15)10-6-1-2-7-16-10/h3-5,10,12,15H,1-2,6-7,14H2. The van der Waals surface area contributed by atoms with E-state index in [-0.39, 0.29) is 11.8 Å². The van der Waals surface area contributed by atoms with Gasteiger partial charge < -0.3 is 15.6 Å². The van der Waals surface area contributed by atoms with E-state index in [9.17, 15) is 9.50 Å². The van der Waals surface area contributed by atoms with E-state index in [1.165, 1.54) is 6.07 Å². The Bertz CT molecular complexity index is 364. The van der Waals surface area contributed by atoms with Gasteiger partial charge in [-0.2, -0.15) is 0 Å². The molecule has 1 aromatic rings. The number of halogens is 1.